The summed E-state index contributed by atoms with van der Waals surface area (Å²) in [7, 11) is 0. The predicted molar refractivity (Wildman–Crippen MR) is 34.2 cm³/mol. The standard InChI is InChI=1S/C5H9N3/c1-2-8-4-6-3-7-5-8/h3-4H,2,5H2,1H3. The van der Waals surface area contributed by atoms with Gasteiger partial charge in [0.1, 0.15) is 13.0 Å². The van der Waals surface area contributed by atoms with Crippen LogP contribution in [-0.4, -0.2) is 30.8 Å². The van der Waals surface area contributed by atoms with E-state index in [1.807, 2.05) is 4.90 Å². The number of aliphatic imine (C=N–C) groups is 2. The molecule has 44 valence electrons. The molecule has 0 atom stereocenters. The fraction of sp³-hybridized carbons (Fsp3) is 0.600. The Hall–Kier alpha value is -0.860. The van der Waals surface area contributed by atoms with Crippen LogP contribution in [0, 0.1) is 0 Å². The normalized spacial score (nSPS) is 17.4. The van der Waals surface area contributed by atoms with Crippen LogP contribution in [0.25, 0.3) is 0 Å². The third-order valence-electron chi connectivity index (χ3n) is 1.05. The topological polar surface area (TPSA) is 28.0 Å². The zero-order valence-corrected chi connectivity index (χ0v) is 4.91. The van der Waals surface area contributed by atoms with Crippen molar-refractivity contribution < 1.29 is 0 Å². The van der Waals surface area contributed by atoms with Gasteiger partial charge in [-0.25, -0.2) is 4.99 Å². The minimum Gasteiger partial charge on any atom is -0.343 e. The number of nitrogens with zero attached hydrogens (tertiary/aromatic N) is 3. The first kappa shape index (κ1) is 5.28. The van der Waals surface area contributed by atoms with Gasteiger partial charge in [0.2, 0.25) is 0 Å². The first-order valence-corrected chi connectivity index (χ1v) is 2.69. The summed E-state index contributed by atoms with van der Waals surface area (Å²) in [6.07, 6.45) is 3.37. The molecule has 0 aromatic carbocycles. The molecular weight excluding hydrogens is 102 g/mol. The van der Waals surface area contributed by atoms with Crippen LogP contribution >= 0.6 is 0 Å². The van der Waals surface area contributed by atoms with Gasteiger partial charge < -0.3 is 4.90 Å². The SMILES string of the molecule is CCN1C=NC=NC1. The molecule has 1 aliphatic rings. The molecule has 8 heavy (non-hydrogen) atoms. The van der Waals surface area contributed by atoms with E-state index in [-0.39, 0.29) is 0 Å². The lowest BCUT2D eigenvalue weighted by atomic mass is 10.6. The average Bonchev–Trinajstić information content (AvgIpc) is 1.90. The van der Waals surface area contributed by atoms with Crippen molar-refractivity contribution in [2.45, 2.75) is 6.92 Å². The lowest BCUT2D eigenvalue weighted by molar-refractivity contribution is 0.466. The molecule has 1 rings (SSSR count). The molecule has 0 N–H and O–H groups in total. The molecule has 0 radical (unpaired) electrons. The third-order valence-corrected chi connectivity index (χ3v) is 1.05. The maximum Gasteiger partial charge on any atom is 0.113 e. The van der Waals surface area contributed by atoms with E-state index < -0.39 is 0 Å². The minimum absolute atomic E-state index is 0.764. The molecule has 0 saturated heterocycles. The van der Waals surface area contributed by atoms with Crippen LogP contribution in [0.15, 0.2) is 9.98 Å². The maximum atomic E-state index is 3.93. The first-order valence-electron chi connectivity index (χ1n) is 2.69. The van der Waals surface area contributed by atoms with Gasteiger partial charge in [-0.05, 0) is 6.92 Å². The van der Waals surface area contributed by atoms with E-state index in [2.05, 4.69) is 16.9 Å². The van der Waals surface area contributed by atoms with E-state index in [0.29, 0.717) is 0 Å². The highest BCUT2D eigenvalue weighted by atomic mass is 15.2. The lowest BCUT2D eigenvalue weighted by Crippen LogP contribution is -2.23. The van der Waals surface area contributed by atoms with E-state index in [4.69, 9.17) is 0 Å². The van der Waals surface area contributed by atoms with E-state index in [0.717, 1.165) is 13.2 Å². The summed E-state index contributed by atoms with van der Waals surface area (Å²) in [5.74, 6) is 0. The zero-order chi connectivity index (χ0) is 5.82. The molecule has 0 spiro atoms. The van der Waals surface area contributed by atoms with Crippen molar-refractivity contribution in [1.29, 1.82) is 0 Å². The summed E-state index contributed by atoms with van der Waals surface area (Å²) in [6, 6.07) is 0. The van der Waals surface area contributed by atoms with Gasteiger partial charge in [0.25, 0.3) is 0 Å². The van der Waals surface area contributed by atoms with Crippen molar-refractivity contribution in [2.75, 3.05) is 13.2 Å². The summed E-state index contributed by atoms with van der Waals surface area (Å²) in [4.78, 5) is 9.80. The van der Waals surface area contributed by atoms with Crippen LogP contribution in [0.5, 0.6) is 0 Å². The Morgan fingerprint density at radius 3 is 3.00 bits per heavy atom. The molecule has 1 heterocycles. The maximum absolute atomic E-state index is 3.93. The largest absolute Gasteiger partial charge is 0.343 e. The molecule has 0 saturated carbocycles. The van der Waals surface area contributed by atoms with Gasteiger partial charge in [0.15, 0.2) is 0 Å². The van der Waals surface area contributed by atoms with Gasteiger partial charge in [-0.2, -0.15) is 0 Å². The highest BCUT2D eigenvalue weighted by molar-refractivity contribution is 5.72. The summed E-state index contributed by atoms with van der Waals surface area (Å²) < 4.78 is 0. The molecule has 1 aliphatic heterocycles. The van der Waals surface area contributed by atoms with E-state index in [1.54, 1.807) is 12.7 Å². The quantitative estimate of drug-likeness (QED) is 0.479. The van der Waals surface area contributed by atoms with Crippen molar-refractivity contribution in [1.82, 2.24) is 4.90 Å². The Balaban J connectivity index is 2.40. The van der Waals surface area contributed by atoms with Crippen molar-refractivity contribution >= 4 is 12.7 Å². The molecule has 3 heteroatoms. The second-order valence-electron chi connectivity index (χ2n) is 1.61. The molecule has 0 aromatic heterocycles. The van der Waals surface area contributed by atoms with E-state index in [1.165, 1.54) is 0 Å². The van der Waals surface area contributed by atoms with Crippen molar-refractivity contribution in [3.8, 4) is 0 Å². The van der Waals surface area contributed by atoms with Gasteiger partial charge in [0.05, 0.1) is 6.34 Å². The number of hydrogen-bond donors (Lipinski definition) is 0. The first-order chi connectivity index (χ1) is 3.93. The van der Waals surface area contributed by atoms with Crippen LogP contribution in [-0.2, 0) is 0 Å². The third kappa shape index (κ3) is 1.05. The van der Waals surface area contributed by atoms with Crippen molar-refractivity contribution in [3.63, 3.8) is 0 Å². The van der Waals surface area contributed by atoms with Gasteiger partial charge in [-0.1, -0.05) is 0 Å². The predicted octanol–water partition coefficient (Wildman–Crippen LogP) is 0.336. The second-order valence-corrected chi connectivity index (χ2v) is 1.61. The molecule has 0 bridgehead atoms. The summed E-state index contributed by atoms with van der Waals surface area (Å²) in [6.45, 7) is 3.83. The summed E-state index contributed by atoms with van der Waals surface area (Å²) >= 11 is 0. The molecule has 0 unspecified atom stereocenters. The number of rotatable bonds is 1. The van der Waals surface area contributed by atoms with Gasteiger partial charge in [-0.15, -0.1) is 0 Å². The molecule has 0 fully saturated rings. The van der Waals surface area contributed by atoms with Gasteiger partial charge >= 0.3 is 0 Å². The molecule has 0 aromatic rings. The summed E-state index contributed by atoms with van der Waals surface area (Å²) in [5.41, 5.74) is 0. The van der Waals surface area contributed by atoms with Crippen LogP contribution < -0.4 is 0 Å². The van der Waals surface area contributed by atoms with E-state index >= 15 is 0 Å². The molecule has 3 nitrogen and oxygen atoms in total. The Morgan fingerprint density at radius 2 is 2.62 bits per heavy atom. The second kappa shape index (κ2) is 2.45. The Morgan fingerprint density at radius 1 is 1.75 bits per heavy atom. The fourth-order valence-electron chi connectivity index (χ4n) is 0.531. The molecule has 0 amide bonds. The smallest absolute Gasteiger partial charge is 0.113 e. The van der Waals surface area contributed by atoms with Crippen molar-refractivity contribution in [2.24, 2.45) is 9.98 Å². The highest BCUT2D eigenvalue weighted by Gasteiger charge is 1.93. The average molecular weight is 111 g/mol. The highest BCUT2D eigenvalue weighted by Crippen LogP contribution is 1.86. The Labute approximate surface area is 48.7 Å². The Kier molecular flexibility index (Phi) is 1.62. The van der Waals surface area contributed by atoms with Gasteiger partial charge in [-0.3, -0.25) is 4.99 Å². The van der Waals surface area contributed by atoms with E-state index in [9.17, 15) is 0 Å². The van der Waals surface area contributed by atoms with Crippen LogP contribution in [0.2, 0.25) is 0 Å². The zero-order valence-electron chi connectivity index (χ0n) is 4.91. The fourth-order valence-corrected chi connectivity index (χ4v) is 0.531. The Bertz CT molecular complexity index is 117. The van der Waals surface area contributed by atoms with Crippen molar-refractivity contribution in [3.05, 3.63) is 0 Å². The van der Waals surface area contributed by atoms with Crippen LogP contribution in [0.1, 0.15) is 6.92 Å². The summed E-state index contributed by atoms with van der Waals surface area (Å²) in [5, 5.41) is 0. The molecule has 0 aliphatic carbocycles. The van der Waals surface area contributed by atoms with Crippen LogP contribution in [0.4, 0.5) is 0 Å². The number of hydrogen-bond acceptors (Lipinski definition) is 3. The van der Waals surface area contributed by atoms with Crippen LogP contribution in [0.3, 0.4) is 0 Å². The van der Waals surface area contributed by atoms with Gasteiger partial charge in [0, 0.05) is 6.54 Å². The lowest BCUT2D eigenvalue weighted by Gasteiger charge is -2.14. The molecular formula is C5H9N3. The monoisotopic (exact) mass is 111 g/mol. The minimum atomic E-state index is 0.764.